The molecule has 0 aliphatic carbocycles. The fourth-order valence-corrected chi connectivity index (χ4v) is 4.40. The van der Waals surface area contributed by atoms with Gasteiger partial charge in [-0.2, -0.15) is 4.57 Å². The van der Waals surface area contributed by atoms with Crippen molar-refractivity contribution in [1.82, 2.24) is 9.55 Å². The molecule has 0 bridgehead atoms. The summed E-state index contributed by atoms with van der Waals surface area (Å²) in [5.41, 5.74) is 0.755. The third kappa shape index (κ3) is 2.42. The van der Waals surface area contributed by atoms with E-state index in [-0.39, 0.29) is 17.5 Å². The summed E-state index contributed by atoms with van der Waals surface area (Å²) < 4.78 is 3.81. The lowest BCUT2D eigenvalue weighted by Gasteiger charge is -2.12. The SMILES string of the molecule is CN1CC(c2cnc(Cl)s2)n2c1[n+](C)c(O)c(-c1ccccc1)c2=O. The van der Waals surface area contributed by atoms with Crippen LogP contribution in [0.25, 0.3) is 11.1 Å². The number of hydrogen-bond acceptors (Lipinski definition) is 5. The summed E-state index contributed by atoms with van der Waals surface area (Å²) in [5.74, 6) is 0.606. The van der Waals surface area contributed by atoms with E-state index in [1.807, 2.05) is 42.3 Å². The van der Waals surface area contributed by atoms with Crippen LogP contribution in [0, 0.1) is 0 Å². The van der Waals surface area contributed by atoms with Gasteiger partial charge in [0.2, 0.25) is 0 Å². The summed E-state index contributed by atoms with van der Waals surface area (Å²) in [6, 6.07) is 9.02. The van der Waals surface area contributed by atoms with Gasteiger partial charge in [-0.05, 0) is 5.56 Å². The number of hydrogen-bond donors (Lipinski definition) is 1. The Morgan fingerprint density at radius 1 is 1.36 bits per heavy atom. The van der Waals surface area contributed by atoms with Gasteiger partial charge in [-0.25, -0.2) is 14.3 Å². The highest BCUT2D eigenvalue weighted by Crippen LogP contribution is 2.35. The van der Waals surface area contributed by atoms with Crippen molar-refractivity contribution in [3.63, 3.8) is 0 Å². The van der Waals surface area contributed by atoms with Gasteiger partial charge in [0, 0.05) is 6.20 Å². The first-order valence-corrected chi connectivity index (χ1v) is 8.93. The molecule has 0 spiro atoms. The number of thiazole rings is 1. The van der Waals surface area contributed by atoms with E-state index in [0.717, 1.165) is 4.88 Å². The van der Waals surface area contributed by atoms with Crippen molar-refractivity contribution < 1.29 is 9.67 Å². The molecule has 1 N–H and O–H groups in total. The number of aromatic hydroxyl groups is 1. The summed E-state index contributed by atoms with van der Waals surface area (Å²) in [6.07, 6.45) is 1.71. The van der Waals surface area contributed by atoms with Crippen molar-refractivity contribution in [2.24, 2.45) is 7.05 Å². The van der Waals surface area contributed by atoms with Gasteiger partial charge in [0.25, 0.3) is 5.88 Å². The topological polar surface area (TPSA) is 62.2 Å². The van der Waals surface area contributed by atoms with E-state index in [1.54, 1.807) is 22.4 Å². The first-order valence-electron chi connectivity index (χ1n) is 7.74. The Kier molecular flexibility index (Phi) is 3.77. The lowest BCUT2D eigenvalue weighted by atomic mass is 10.1. The number of aromatic nitrogens is 3. The quantitative estimate of drug-likeness (QED) is 0.697. The van der Waals surface area contributed by atoms with Crippen molar-refractivity contribution in [2.45, 2.75) is 6.04 Å². The molecule has 4 rings (SSSR count). The fraction of sp³-hybridized carbons (Fsp3) is 0.235. The fourth-order valence-electron chi connectivity index (χ4n) is 3.37. The molecule has 25 heavy (non-hydrogen) atoms. The molecule has 6 nitrogen and oxygen atoms in total. The Morgan fingerprint density at radius 3 is 2.72 bits per heavy atom. The van der Waals surface area contributed by atoms with E-state index in [4.69, 9.17) is 11.6 Å². The molecule has 0 amide bonds. The lowest BCUT2D eigenvalue weighted by Crippen LogP contribution is -2.41. The molecule has 3 aromatic rings. The smallest absolute Gasteiger partial charge is 0.365 e. The summed E-state index contributed by atoms with van der Waals surface area (Å²) in [7, 11) is 3.65. The van der Waals surface area contributed by atoms with Crippen molar-refractivity contribution in [3.8, 4) is 17.0 Å². The van der Waals surface area contributed by atoms with Crippen LogP contribution in [0.3, 0.4) is 0 Å². The lowest BCUT2D eigenvalue weighted by molar-refractivity contribution is -0.668. The number of likely N-dealkylation sites (N-methyl/N-ethyl adjacent to an activating group) is 1. The van der Waals surface area contributed by atoms with Gasteiger partial charge in [0.05, 0.1) is 19.0 Å². The van der Waals surface area contributed by atoms with E-state index >= 15 is 0 Å². The minimum Gasteiger partial charge on any atom is -0.483 e. The average molecular weight is 376 g/mol. The highest BCUT2D eigenvalue weighted by molar-refractivity contribution is 7.15. The van der Waals surface area contributed by atoms with Gasteiger partial charge in [-0.15, -0.1) is 11.3 Å². The van der Waals surface area contributed by atoms with E-state index in [2.05, 4.69) is 4.98 Å². The number of anilines is 1. The molecular weight excluding hydrogens is 360 g/mol. The van der Waals surface area contributed by atoms with Gasteiger partial charge in [-0.3, -0.25) is 4.90 Å². The molecule has 1 aliphatic rings. The Hall–Kier alpha value is -2.38. The first kappa shape index (κ1) is 16.1. The molecule has 128 valence electrons. The maximum atomic E-state index is 13.3. The zero-order chi connectivity index (χ0) is 17.7. The van der Waals surface area contributed by atoms with Crippen LogP contribution in [0.1, 0.15) is 10.9 Å². The predicted molar refractivity (Wildman–Crippen MR) is 97.5 cm³/mol. The van der Waals surface area contributed by atoms with E-state index in [0.29, 0.717) is 28.1 Å². The Bertz CT molecular complexity index is 1020. The zero-order valence-electron chi connectivity index (χ0n) is 13.7. The summed E-state index contributed by atoms with van der Waals surface area (Å²) in [5, 5.41) is 10.7. The monoisotopic (exact) mass is 375 g/mol. The molecule has 1 aliphatic heterocycles. The number of nitrogens with zero attached hydrogens (tertiary/aromatic N) is 4. The third-order valence-corrected chi connectivity index (χ3v) is 5.69. The summed E-state index contributed by atoms with van der Waals surface area (Å²) >= 11 is 7.35. The minimum absolute atomic E-state index is 0.0442. The second-order valence-electron chi connectivity index (χ2n) is 6.01. The van der Waals surface area contributed by atoms with Crippen LogP contribution in [-0.2, 0) is 7.05 Å². The van der Waals surface area contributed by atoms with Crippen LogP contribution in [-0.4, -0.2) is 28.3 Å². The standard InChI is InChI=1S/C17H15ClN4O2S/c1-20-9-11(12-8-19-16(18)25-12)22-15(24)13(10-6-4-3-5-7-10)14(23)21(2)17(20)22/h3-8,11H,9H2,1-2H3/p+1. The maximum Gasteiger partial charge on any atom is 0.365 e. The second kappa shape index (κ2) is 5.86. The van der Waals surface area contributed by atoms with Crippen molar-refractivity contribution in [3.05, 3.63) is 56.2 Å². The van der Waals surface area contributed by atoms with Gasteiger partial charge in [0.15, 0.2) is 10.5 Å². The number of rotatable bonds is 2. The van der Waals surface area contributed by atoms with E-state index in [1.165, 1.54) is 11.3 Å². The largest absolute Gasteiger partial charge is 0.483 e. The Morgan fingerprint density at radius 2 is 2.08 bits per heavy atom. The average Bonchev–Trinajstić information content (AvgIpc) is 3.17. The van der Waals surface area contributed by atoms with Gasteiger partial charge in [0.1, 0.15) is 12.1 Å². The summed E-state index contributed by atoms with van der Waals surface area (Å²) in [6.45, 7) is 0.610. The van der Waals surface area contributed by atoms with E-state index in [9.17, 15) is 9.90 Å². The summed E-state index contributed by atoms with van der Waals surface area (Å²) in [4.78, 5) is 20.3. The van der Waals surface area contributed by atoms with Crippen LogP contribution in [0.15, 0.2) is 41.3 Å². The molecule has 1 aromatic carbocycles. The van der Waals surface area contributed by atoms with E-state index < -0.39 is 0 Å². The van der Waals surface area contributed by atoms with Crippen LogP contribution in [0.5, 0.6) is 5.88 Å². The molecule has 0 radical (unpaired) electrons. The van der Waals surface area contributed by atoms with Crippen LogP contribution in [0.2, 0.25) is 4.47 Å². The van der Waals surface area contributed by atoms with Crippen LogP contribution in [0.4, 0.5) is 5.95 Å². The predicted octanol–water partition coefficient (Wildman–Crippen LogP) is 2.19. The Balaban J connectivity index is 2.01. The molecule has 0 fully saturated rings. The molecule has 8 heteroatoms. The van der Waals surface area contributed by atoms with Gasteiger partial charge in [-0.1, -0.05) is 41.9 Å². The molecule has 0 saturated carbocycles. The molecule has 2 aromatic heterocycles. The van der Waals surface area contributed by atoms with Crippen LogP contribution >= 0.6 is 22.9 Å². The second-order valence-corrected chi connectivity index (χ2v) is 7.66. The normalized spacial score (nSPS) is 16.3. The molecular formula is C17H16ClN4O2S+. The molecule has 0 saturated heterocycles. The van der Waals surface area contributed by atoms with Crippen molar-refractivity contribution >= 4 is 28.9 Å². The molecule has 1 unspecified atom stereocenters. The number of halogens is 1. The third-order valence-electron chi connectivity index (χ3n) is 4.48. The molecule has 1 atom stereocenters. The van der Waals surface area contributed by atoms with Crippen molar-refractivity contribution in [1.29, 1.82) is 0 Å². The Labute approximate surface area is 153 Å². The maximum absolute atomic E-state index is 13.3. The van der Waals surface area contributed by atoms with Gasteiger partial charge >= 0.3 is 11.5 Å². The molecule has 3 heterocycles. The first-order chi connectivity index (χ1) is 12.0. The zero-order valence-corrected chi connectivity index (χ0v) is 15.3. The van der Waals surface area contributed by atoms with Crippen molar-refractivity contribution in [2.75, 3.05) is 18.5 Å². The minimum atomic E-state index is -0.226. The van der Waals surface area contributed by atoms with Crippen LogP contribution < -0.4 is 15.0 Å². The number of fused-ring (bicyclic) bond motifs is 1. The highest BCUT2D eigenvalue weighted by Gasteiger charge is 2.41. The van der Waals surface area contributed by atoms with Gasteiger partial charge < -0.3 is 5.11 Å². The number of benzene rings is 1. The highest BCUT2D eigenvalue weighted by atomic mass is 35.5.